The summed E-state index contributed by atoms with van der Waals surface area (Å²) in [6, 6.07) is 79.3. The van der Waals surface area contributed by atoms with Gasteiger partial charge in [0.05, 0.1) is 9.52 Å². The topological polar surface area (TPSA) is 0 Å². The van der Waals surface area contributed by atoms with E-state index >= 15 is 0 Å². The normalized spacial score (nSPS) is 11.0. The van der Waals surface area contributed by atoms with E-state index in [2.05, 4.69) is 226 Å². The maximum atomic E-state index is 4.93. The van der Waals surface area contributed by atoms with Gasteiger partial charge in [-0.3, -0.25) is 0 Å². The van der Waals surface area contributed by atoms with Crippen LogP contribution >= 0.6 is 17.0 Å². The Kier molecular flexibility index (Phi) is 14.8. The molecule has 0 unspecified atom stereocenters. The molecule has 0 spiro atoms. The Morgan fingerprint density at radius 3 is 1.31 bits per heavy atom. The first-order valence-corrected chi connectivity index (χ1v) is 28.4. The zero-order chi connectivity index (χ0) is 42.7. The second-order valence-electron chi connectivity index (χ2n) is 15.1. The first-order chi connectivity index (χ1) is 30.6. The van der Waals surface area contributed by atoms with Crippen molar-refractivity contribution in [3.63, 3.8) is 0 Å². The van der Waals surface area contributed by atoms with Crippen LogP contribution in [0.1, 0.15) is 25.0 Å². The predicted octanol–water partition coefficient (Wildman–Crippen LogP) is 15.4. The summed E-state index contributed by atoms with van der Waals surface area (Å²) in [6.45, 7) is 4.43. The molecule has 0 saturated heterocycles. The third-order valence-corrected chi connectivity index (χ3v) is 12.7. The van der Waals surface area contributed by atoms with E-state index in [1.165, 1.54) is 98.7 Å². The predicted molar refractivity (Wildman–Crippen MR) is 267 cm³/mol. The van der Waals surface area contributed by atoms with Gasteiger partial charge >= 0.3 is 37.9 Å². The van der Waals surface area contributed by atoms with Crippen LogP contribution in [-0.4, -0.2) is 9.52 Å². The number of hydrogen-bond acceptors (Lipinski definition) is 0. The third-order valence-electron chi connectivity index (χ3n) is 11.3. The Balaban J connectivity index is 0.000000128. The van der Waals surface area contributed by atoms with Crippen LogP contribution in [0.15, 0.2) is 212 Å². The summed E-state index contributed by atoms with van der Waals surface area (Å²) < 4.78 is 0. The monoisotopic (exact) mass is 929 g/mol. The van der Waals surface area contributed by atoms with Crippen molar-refractivity contribution in [2.75, 3.05) is 0 Å². The molecule has 0 fully saturated rings. The van der Waals surface area contributed by atoms with Gasteiger partial charge in [-0.25, -0.2) is 0 Å². The van der Waals surface area contributed by atoms with Crippen LogP contribution in [0.25, 0.3) is 77.2 Å². The van der Waals surface area contributed by atoms with E-state index in [9.17, 15) is 0 Å². The van der Waals surface area contributed by atoms with Crippen LogP contribution in [0.4, 0.5) is 0 Å². The second kappa shape index (κ2) is 21.2. The van der Waals surface area contributed by atoms with Crippen molar-refractivity contribution in [3.05, 3.63) is 230 Å². The van der Waals surface area contributed by atoms with Crippen LogP contribution < -0.4 is 10.4 Å². The molecule has 1 aliphatic rings. The van der Waals surface area contributed by atoms with Crippen molar-refractivity contribution in [2.24, 2.45) is 0 Å². The van der Waals surface area contributed by atoms with Crippen molar-refractivity contribution in [1.82, 2.24) is 0 Å². The summed E-state index contributed by atoms with van der Waals surface area (Å²) in [7, 11) is 10.7. The molecule has 0 amide bonds. The molecule has 2 radical (unpaired) electrons. The zero-order valence-corrected chi connectivity index (χ0v) is 39.8. The Bertz CT molecular complexity index is 2780. The first-order valence-electron chi connectivity index (χ1n) is 21.1. The maximum absolute atomic E-state index is 4.93. The molecule has 302 valence electrons. The fourth-order valence-electron chi connectivity index (χ4n) is 8.37. The Morgan fingerprint density at radius 1 is 0.452 bits per heavy atom. The Labute approximate surface area is 388 Å². The van der Waals surface area contributed by atoms with E-state index in [0.717, 1.165) is 22.4 Å². The average molecular weight is 932 g/mol. The minimum Gasteiger partial charge on any atom is -0.184 e. The summed E-state index contributed by atoms with van der Waals surface area (Å²) in [5.41, 5.74) is 16.0. The molecule has 0 aliphatic carbocycles. The van der Waals surface area contributed by atoms with E-state index in [1.807, 2.05) is 6.07 Å². The number of hydrogen-bond donors (Lipinski definition) is 0. The number of fused-ring (bicyclic) bond motifs is 5. The SMILES string of the molecule is CCc1cc2c(-c3ccccc3)c(-c3ccccc3)ccc2[cH-]1.CCc1cc2c(-c3ccccc3)c(-c3ccccc3)ccc2[cH-]1.[Cl][Zr][Cl].[c-]1cccc2c1[Si]c1ccccc1-2. The number of halogens is 2. The maximum Gasteiger partial charge on any atom is 0.0920 e. The van der Waals surface area contributed by atoms with Gasteiger partial charge in [0.2, 0.25) is 0 Å². The Hall–Kier alpha value is -5.34. The third kappa shape index (κ3) is 9.81. The average Bonchev–Trinajstić information content (AvgIpc) is 4.08. The molecule has 4 heteroatoms. The summed E-state index contributed by atoms with van der Waals surface area (Å²) in [5.74, 6) is 0. The molecule has 11 rings (SSSR count). The van der Waals surface area contributed by atoms with E-state index < -0.39 is 20.8 Å². The van der Waals surface area contributed by atoms with Crippen molar-refractivity contribution in [2.45, 2.75) is 26.7 Å². The van der Waals surface area contributed by atoms with Gasteiger partial charge in [0.15, 0.2) is 0 Å². The Morgan fingerprint density at radius 2 is 0.855 bits per heavy atom. The van der Waals surface area contributed by atoms with Crippen LogP contribution in [-0.2, 0) is 33.7 Å². The zero-order valence-electron chi connectivity index (χ0n) is 34.9. The molecule has 1 aliphatic heterocycles. The minimum absolute atomic E-state index is 0.795. The quantitative estimate of drug-likeness (QED) is 0.115. The molecule has 0 N–H and O–H groups in total. The van der Waals surface area contributed by atoms with Crippen LogP contribution in [0.2, 0.25) is 0 Å². The molecular weight excluding hydrogens is 887 g/mol. The van der Waals surface area contributed by atoms with Crippen LogP contribution in [0.5, 0.6) is 0 Å². The summed E-state index contributed by atoms with van der Waals surface area (Å²) in [6.07, 6.45) is 2.15. The smallest absolute Gasteiger partial charge is 0.0920 e. The fraction of sp³-hybridized carbons (Fsp3) is 0.0690. The van der Waals surface area contributed by atoms with Gasteiger partial charge in [-0.2, -0.15) is 41.6 Å². The number of aryl methyl sites for hydroxylation is 2. The van der Waals surface area contributed by atoms with Crippen molar-refractivity contribution in [1.29, 1.82) is 0 Å². The van der Waals surface area contributed by atoms with E-state index in [4.69, 9.17) is 17.0 Å². The van der Waals surface area contributed by atoms with Crippen LogP contribution in [0.3, 0.4) is 0 Å². The van der Waals surface area contributed by atoms with Crippen LogP contribution in [0, 0.1) is 6.07 Å². The molecule has 0 atom stereocenters. The van der Waals surface area contributed by atoms with Gasteiger partial charge in [0.1, 0.15) is 0 Å². The van der Waals surface area contributed by atoms with Gasteiger partial charge in [0, 0.05) is 0 Å². The first kappa shape index (κ1) is 43.3. The van der Waals surface area contributed by atoms with Crippen molar-refractivity contribution in [3.8, 4) is 55.6 Å². The van der Waals surface area contributed by atoms with Crippen molar-refractivity contribution >= 4 is 58.5 Å². The fourth-order valence-corrected chi connectivity index (χ4v) is 9.68. The molecular formula is C58H45Cl2SiZr-3. The van der Waals surface area contributed by atoms with E-state index in [-0.39, 0.29) is 0 Å². The number of rotatable bonds is 6. The van der Waals surface area contributed by atoms with Gasteiger partial charge in [-0.15, -0.1) is 62.5 Å². The molecule has 1 heterocycles. The van der Waals surface area contributed by atoms with Crippen molar-refractivity contribution < 1.29 is 20.8 Å². The summed E-state index contributed by atoms with van der Waals surface area (Å²) >= 11 is -0.826. The van der Waals surface area contributed by atoms with Gasteiger partial charge in [0.25, 0.3) is 0 Å². The van der Waals surface area contributed by atoms with E-state index in [0.29, 0.717) is 0 Å². The molecule has 62 heavy (non-hydrogen) atoms. The molecule has 10 aromatic carbocycles. The standard InChI is InChI=1S/2C23H19.C12H7Si.2ClH.Zr/c2*1-2-17-15-20-13-14-21(18-9-5-3-6-10-18)23(22(20)16-17)19-11-7-4-8-12-19;1-3-7-11-9(5-1)10-6-2-4-8-12(10)13-11;;;/h2*3-16H,2H2,1H3;1-7H;2*1H;/q3*-1;;;+2/p-2. The molecule has 0 nitrogen and oxygen atoms in total. The second-order valence-corrected chi connectivity index (χ2v) is 20.1. The molecule has 0 bridgehead atoms. The number of benzene rings is 8. The van der Waals surface area contributed by atoms with Gasteiger partial charge in [-0.05, 0) is 46.2 Å². The van der Waals surface area contributed by atoms with E-state index in [1.54, 1.807) is 0 Å². The molecule has 10 aromatic rings. The molecule has 0 aromatic heterocycles. The largest absolute Gasteiger partial charge is 0.184 e. The minimum atomic E-state index is -0.826. The van der Waals surface area contributed by atoms with Gasteiger partial charge < -0.3 is 0 Å². The summed E-state index contributed by atoms with van der Waals surface area (Å²) in [4.78, 5) is 0. The summed E-state index contributed by atoms with van der Waals surface area (Å²) in [5, 5.41) is 8.20. The molecule has 0 saturated carbocycles. The van der Waals surface area contributed by atoms with Gasteiger partial charge in [-0.1, -0.05) is 193 Å².